The number of halogens is 2. The van der Waals surface area contributed by atoms with Gasteiger partial charge in [-0.15, -0.1) is 0 Å². The van der Waals surface area contributed by atoms with Gasteiger partial charge >= 0.3 is 5.69 Å². The van der Waals surface area contributed by atoms with Crippen molar-refractivity contribution in [2.45, 2.75) is 0 Å². The van der Waals surface area contributed by atoms with Crippen LogP contribution in [0.3, 0.4) is 0 Å². The number of rotatable bonds is 3. The molecule has 0 aliphatic rings. The van der Waals surface area contributed by atoms with Crippen LogP contribution in [0.25, 0.3) is 11.0 Å². The number of aromatic nitrogens is 2. The van der Waals surface area contributed by atoms with Gasteiger partial charge in [0, 0.05) is 18.2 Å². The van der Waals surface area contributed by atoms with E-state index in [2.05, 4.69) is 14.9 Å². The molecular formula is C12H5ClFN3O4. The van der Waals surface area contributed by atoms with Crippen molar-refractivity contribution in [3.05, 3.63) is 51.3 Å². The number of ether oxygens (including phenoxy) is 1. The second kappa shape index (κ2) is 4.98. The van der Waals surface area contributed by atoms with Gasteiger partial charge in [-0.25, -0.2) is 9.02 Å². The Kier molecular flexibility index (Phi) is 3.15. The predicted molar refractivity (Wildman–Crippen MR) is 69.9 cm³/mol. The van der Waals surface area contributed by atoms with Gasteiger partial charge in [0.15, 0.2) is 0 Å². The van der Waals surface area contributed by atoms with Crippen LogP contribution in [0, 0.1) is 15.9 Å². The average Bonchev–Trinajstić information content (AvgIpc) is 2.89. The minimum absolute atomic E-state index is 0.225. The van der Waals surface area contributed by atoms with Crippen molar-refractivity contribution >= 4 is 28.3 Å². The second-order valence-corrected chi connectivity index (χ2v) is 4.42. The van der Waals surface area contributed by atoms with Gasteiger partial charge < -0.3 is 4.74 Å². The highest BCUT2D eigenvalue weighted by Crippen LogP contribution is 2.35. The van der Waals surface area contributed by atoms with Crippen molar-refractivity contribution in [2.75, 3.05) is 0 Å². The van der Waals surface area contributed by atoms with Crippen molar-refractivity contribution in [1.82, 2.24) is 10.3 Å². The first-order valence-electron chi connectivity index (χ1n) is 5.58. The van der Waals surface area contributed by atoms with E-state index in [4.69, 9.17) is 16.3 Å². The van der Waals surface area contributed by atoms with Gasteiger partial charge in [0.05, 0.1) is 9.95 Å². The number of fused-ring (bicyclic) bond motifs is 1. The highest BCUT2D eigenvalue weighted by atomic mass is 35.5. The zero-order valence-corrected chi connectivity index (χ0v) is 10.9. The third-order valence-corrected chi connectivity index (χ3v) is 2.94. The zero-order valence-electron chi connectivity index (χ0n) is 10.1. The quantitative estimate of drug-likeness (QED) is 0.541. The Morgan fingerprint density at radius 1 is 1.24 bits per heavy atom. The average molecular weight is 310 g/mol. The van der Waals surface area contributed by atoms with Crippen molar-refractivity contribution < 1.29 is 18.7 Å². The van der Waals surface area contributed by atoms with Gasteiger partial charge in [0.25, 0.3) is 0 Å². The first kappa shape index (κ1) is 13.3. The molecular weight excluding hydrogens is 305 g/mol. The molecule has 0 N–H and O–H groups in total. The standard InChI is InChI=1S/C12H5ClFN3O4/c13-7-4-11(17(18)19)12(5-8(7)14)20-6-1-2-9-10(3-6)16-21-15-9/h1-5H. The summed E-state index contributed by atoms with van der Waals surface area (Å²) in [6.07, 6.45) is 0. The maximum atomic E-state index is 13.5. The number of nitro groups is 1. The van der Waals surface area contributed by atoms with Gasteiger partial charge in [-0.2, -0.15) is 0 Å². The molecule has 0 bridgehead atoms. The van der Waals surface area contributed by atoms with E-state index in [1.807, 2.05) is 0 Å². The molecule has 9 heteroatoms. The van der Waals surface area contributed by atoms with Crippen LogP contribution in [-0.4, -0.2) is 15.2 Å². The SMILES string of the molecule is O=[N+]([O-])c1cc(Cl)c(F)cc1Oc1ccc2nonc2c1. The van der Waals surface area contributed by atoms with Crippen LogP contribution < -0.4 is 4.74 Å². The Morgan fingerprint density at radius 3 is 2.76 bits per heavy atom. The number of benzene rings is 2. The number of hydrogen-bond donors (Lipinski definition) is 0. The Labute approximate surface area is 121 Å². The Hall–Kier alpha value is -2.74. The van der Waals surface area contributed by atoms with Gasteiger partial charge in [-0.3, -0.25) is 10.1 Å². The molecule has 1 aromatic heterocycles. The summed E-state index contributed by atoms with van der Waals surface area (Å²) in [5.41, 5.74) is 0.462. The lowest BCUT2D eigenvalue weighted by Crippen LogP contribution is -1.95. The summed E-state index contributed by atoms with van der Waals surface area (Å²) in [5.74, 6) is -0.859. The van der Waals surface area contributed by atoms with Crippen LogP contribution in [0.15, 0.2) is 35.0 Å². The lowest BCUT2D eigenvalue weighted by molar-refractivity contribution is -0.385. The van der Waals surface area contributed by atoms with Crippen molar-refractivity contribution in [2.24, 2.45) is 0 Å². The summed E-state index contributed by atoms with van der Waals surface area (Å²) in [5, 5.41) is 17.8. The van der Waals surface area contributed by atoms with Crippen LogP contribution in [0.5, 0.6) is 11.5 Å². The molecule has 7 nitrogen and oxygen atoms in total. The Morgan fingerprint density at radius 2 is 2.00 bits per heavy atom. The molecule has 0 radical (unpaired) electrons. The molecule has 2 aromatic carbocycles. The van der Waals surface area contributed by atoms with E-state index in [1.165, 1.54) is 12.1 Å². The molecule has 0 aliphatic carbocycles. The number of nitrogens with zero attached hydrogens (tertiary/aromatic N) is 3. The van der Waals surface area contributed by atoms with E-state index in [0.717, 1.165) is 12.1 Å². The summed E-state index contributed by atoms with van der Waals surface area (Å²) in [6.45, 7) is 0. The third-order valence-electron chi connectivity index (χ3n) is 2.65. The van der Waals surface area contributed by atoms with Crippen LogP contribution in [0.4, 0.5) is 10.1 Å². The van der Waals surface area contributed by atoms with E-state index < -0.39 is 16.4 Å². The second-order valence-electron chi connectivity index (χ2n) is 4.01. The highest BCUT2D eigenvalue weighted by Gasteiger charge is 2.20. The third kappa shape index (κ3) is 2.48. The monoisotopic (exact) mass is 309 g/mol. The van der Waals surface area contributed by atoms with Crippen LogP contribution in [0.2, 0.25) is 5.02 Å². The van der Waals surface area contributed by atoms with Crippen LogP contribution in [-0.2, 0) is 0 Å². The summed E-state index contributed by atoms with van der Waals surface area (Å²) >= 11 is 5.53. The Balaban J connectivity index is 2.03. The Bertz CT molecular complexity index is 852. The summed E-state index contributed by atoms with van der Waals surface area (Å²) in [7, 11) is 0. The van der Waals surface area contributed by atoms with Gasteiger partial charge in [-0.05, 0) is 22.4 Å². The number of nitro benzene ring substituents is 1. The lowest BCUT2D eigenvalue weighted by Gasteiger charge is -2.06. The fraction of sp³-hybridized carbons (Fsp3) is 0. The van der Waals surface area contributed by atoms with Gasteiger partial charge in [0.2, 0.25) is 5.75 Å². The van der Waals surface area contributed by atoms with Crippen molar-refractivity contribution in [3.63, 3.8) is 0 Å². The highest BCUT2D eigenvalue weighted by molar-refractivity contribution is 6.31. The van der Waals surface area contributed by atoms with Gasteiger partial charge in [0.1, 0.15) is 22.6 Å². The first-order chi connectivity index (χ1) is 10.0. The van der Waals surface area contributed by atoms with E-state index in [9.17, 15) is 14.5 Å². The maximum absolute atomic E-state index is 13.5. The fourth-order valence-corrected chi connectivity index (χ4v) is 1.85. The van der Waals surface area contributed by atoms with E-state index in [0.29, 0.717) is 11.0 Å². The molecule has 0 aliphatic heterocycles. The maximum Gasteiger partial charge on any atom is 0.313 e. The minimum atomic E-state index is -0.818. The van der Waals surface area contributed by atoms with Crippen molar-refractivity contribution in [3.8, 4) is 11.5 Å². The number of hydrogen-bond acceptors (Lipinski definition) is 6. The largest absolute Gasteiger partial charge is 0.450 e. The van der Waals surface area contributed by atoms with E-state index in [-0.39, 0.29) is 16.5 Å². The molecule has 0 fully saturated rings. The smallest absolute Gasteiger partial charge is 0.313 e. The predicted octanol–water partition coefficient (Wildman–Crippen LogP) is 3.72. The molecule has 0 unspecified atom stereocenters. The van der Waals surface area contributed by atoms with Crippen LogP contribution in [0.1, 0.15) is 0 Å². The molecule has 3 rings (SSSR count). The fourth-order valence-electron chi connectivity index (χ4n) is 1.69. The molecule has 0 saturated carbocycles. The molecule has 106 valence electrons. The molecule has 0 atom stereocenters. The normalized spacial score (nSPS) is 10.8. The van der Waals surface area contributed by atoms with E-state index >= 15 is 0 Å². The van der Waals surface area contributed by atoms with Crippen molar-refractivity contribution in [1.29, 1.82) is 0 Å². The van der Waals surface area contributed by atoms with E-state index in [1.54, 1.807) is 6.07 Å². The molecule has 21 heavy (non-hydrogen) atoms. The first-order valence-corrected chi connectivity index (χ1v) is 5.96. The van der Waals surface area contributed by atoms with Gasteiger partial charge in [-0.1, -0.05) is 11.6 Å². The summed E-state index contributed by atoms with van der Waals surface area (Å²) in [6, 6.07) is 6.26. The summed E-state index contributed by atoms with van der Waals surface area (Å²) < 4.78 is 23.3. The molecule has 0 saturated heterocycles. The zero-order chi connectivity index (χ0) is 15.0. The molecule has 0 amide bonds. The molecule has 1 heterocycles. The summed E-state index contributed by atoms with van der Waals surface area (Å²) in [4.78, 5) is 10.2. The topological polar surface area (TPSA) is 91.3 Å². The molecule has 0 spiro atoms. The van der Waals surface area contributed by atoms with Crippen LogP contribution >= 0.6 is 11.6 Å². The molecule has 3 aromatic rings. The lowest BCUT2D eigenvalue weighted by atomic mass is 10.2. The minimum Gasteiger partial charge on any atom is -0.450 e.